The maximum absolute atomic E-state index is 12.2. The molecule has 1 aliphatic heterocycles. The third kappa shape index (κ3) is 4.20. The van der Waals surface area contributed by atoms with Crippen molar-refractivity contribution in [2.24, 2.45) is 5.73 Å². The highest BCUT2D eigenvalue weighted by atomic mass is 35.5. The second-order valence-electron chi connectivity index (χ2n) is 4.76. The lowest BCUT2D eigenvalue weighted by molar-refractivity contribution is -0.133. The van der Waals surface area contributed by atoms with Crippen molar-refractivity contribution in [1.82, 2.24) is 4.90 Å². The molecule has 0 aliphatic carbocycles. The minimum absolute atomic E-state index is 0. The molecule has 1 fully saturated rings. The first-order valence-electron chi connectivity index (χ1n) is 6.32. The number of hydrogen-bond acceptors (Lipinski definition) is 3. The zero-order valence-corrected chi connectivity index (χ0v) is 11.9. The third-order valence-electron chi connectivity index (χ3n) is 3.42. The van der Waals surface area contributed by atoms with E-state index in [1.54, 1.807) is 4.90 Å². The largest absolute Gasteiger partial charge is 0.379 e. The minimum atomic E-state index is -0.474. The summed E-state index contributed by atoms with van der Waals surface area (Å²) in [6.45, 7) is 1.36. The van der Waals surface area contributed by atoms with Crippen molar-refractivity contribution in [1.29, 1.82) is 0 Å². The van der Waals surface area contributed by atoms with Crippen molar-refractivity contribution in [3.05, 3.63) is 35.9 Å². The van der Waals surface area contributed by atoms with E-state index in [2.05, 4.69) is 0 Å². The number of nitrogens with two attached hydrogens (primary N) is 1. The number of hydrogen-bond donors (Lipinski definition) is 1. The summed E-state index contributed by atoms with van der Waals surface area (Å²) in [6.07, 6.45) is 1.48. The Labute approximate surface area is 120 Å². The highest BCUT2D eigenvalue weighted by molar-refractivity contribution is 5.85. The molecule has 0 bridgehead atoms. The monoisotopic (exact) mass is 284 g/mol. The number of rotatable bonds is 4. The van der Waals surface area contributed by atoms with Gasteiger partial charge in [0.05, 0.1) is 18.7 Å². The maximum atomic E-state index is 12.2. The van der Waals surface area contributed by atoms with Gasteiger partial charge in [-0.25, -0.2) is 0 Å². The van der Waals surface area contributed by atoms with Crippen molar-refractivity contribution < 1.29 is 9.53 Å². The lowest BCUT2D eigenvalue weighted by Gasteiger charge is -2.26. The van der Waals surface area contributed by atoms with Gasteiger partial charge in [-0.1, -0.05) is 30.3 Å². The summed E-state index contributed by atoms with van der Waals surface area (Å²) >= 11 is 0. The van der Waals surface area contributed by atoms with Gasteiger partial charge in [0, 0.05) is 13.7 Å². The molecule has 1 aromatic carbocycles. The Kier molecular flexibility index (Phi) is 6.28. The minimum Gasteiger partial charge on any atom is -0.379 e. The molecule has 0 saturated carbocycles. The van der Waals surface area contributed by atoms with Crippen LogP contribution < -0.4 is 5.73 Å². The first-order chi connectivity index (χ1) is 8.68. The van der Waals surface area contributed by atoms with Crippen molar-refractivity contribution in [2.45, 2.75) is 24.9 Å². The van der Waals surface area contributed by atoms with Crippen molar-refractivity contribution in [2.75, 3.05) is 20.3 Å². The molecule has 2 rings (SSSR count). The van der Waals surface area contributed by atoms with Gasteiger partial charge >= 0.3 is 0 Å². The Hall–Kier alpha value is -1.10. The Balaban J connectivity index is 0.00000180. The highest BCUT2D eigenvalue weighted by Gasteiger charge is 2.27. The Bertz CT molecular complexity index is 394. The van der Waals surface area contributed by atoms with E-state index in [0.717, 1.165) is 18.6 Å². The van der Waals surface area contributed by atoms with E-state index in [1.165, 1.54) is 0 Å². The van der Waals surface area contributed by atoms with Gasteiger partial charge in [0.25, 0.3) is 0 Å². The van der Waals surface area contributed by atoms with Crippen LogP contribution in [0.5, 0.6) is 0 Å². The highest BCUT2D eigenvalue weighted by Crippen LogP contribution is 2.12. The second kappa shape index (κ2) is 7.48. The fourth-order valence-corrected chi connectivity index (χ4v) is 2.22. The first kappa shape index (κ1) is 16.0. The third-order valence-corrected chi connectivity index (χ3v) is 3.42. The number of halogens is 1. The Morgan fingerprint density at radius 1 is 1.47 bits per heavy atom. The predicted octanol–water partition coefficient (Wildman–Crippen LogP) is 1.23. The molecule has 0 aromatic heterocycles. The molecule has 1 aliphatic rings. The van der Waals surface area contributed by atoms with E-state index in [1.807, 2.05) is 37.4 Å². The number of benzene rings is 1. The van der Waals surface area contributed by atoms with E-state index < -0.39 is 6.04 Å². The summed E-state index contributed by atoms with van der Waals surface area (Å²) in [4.78, 5) is 13.9. The molecule has 2 atom stereocenters. The lowest BCUT2D eigenvalue weighted by Crippen LogP contribution is -2.47. The molecular formula is C14H21ClN2O2. The van der Waals surface area contributed by atoms with Crippen LogP contribution in [0.1, 0.15) is 12.0 Å². The van der Waals surface area contributed by atoms with Crippen LogP contribution in [0.15, 0.2) is 30.3 Å². The van der Waals surface area contributed by atoms with Crippen LogP contribution in [-0.4, -0.2) is 43.2 Å². The molecule has 1 heterocycles. The second-order valence-corrected chi connectivity index (χ2v) is 4.76. The molecule has 2 N–H and O–H groups in total. The number of amides is 1. The van der Waals surface area contributed by atoms with Gasteiger partial charge in [0.15, 0.2) is 0 Å². The van der Waals surface area contributed by atoms with E-state index in [4.69, 9.17) is 10.5 Å². The van der Waals surface area contributed by atoms with Crippen LogP contribution in [0.2, 0.25) is 0 Å². The normalized spacial score (nSPS) is 19.6. The Morgan fingerprint density at radius 3 is 2.74 bits per heavy atom. The van der Waals surface area contributed by atoms with Crippen LogP contribution in [0.3, 0.4) is 0 Å². The fraction of sp³-hybridized carbons (Fsp3) is 0.500. The summed E-state index contributed by atoms with van der Waals surface area (Å²) in [7, 11) is 1.81. The van der Waals surface area contributed by atoms with Crippen LogP contribution >= 0.6 is 12.4 Å². The SMILES string of the molecule is CN(C(=O)C(N)Cc1ccccc1)C1CCOC1.Cl. The number of carbonyl (C=O) groups is 1. The zero-order chi connectivity index (χ0) is 13.0. The molecule has 2 unspecified atom stereocenters. The van der Waals surface area contributed by atoms with Gasteiger partial charge in [0.2, 0.25) is 5.91 Å². The van der Waals surface area contributed by atoms with Crippen molar-refractivity contribution in [3.8, 4) is 0 Å². The molecule has 0 radical (unpaired) electrons. The smallest absolute Gasteiger partial charge is 0.239 e. The van der Waals surface area contributed by atoms with E-state index >= 15 is 0 Å². The summed E-state index contributed by atoms with van der Waals surface area (Å²) < 4.78 is 5.29. The first-order valence-corrected chi connectivity index (χ1v) is 6.32. The molecule has 1 aromatic rings. The summed E-state index contributed by atoms with van der Waals surface area (Å²) in [5.74, 6) is -0.00523. The van der Waals surface area contributed by atoms with Gasteiger partial charge in [-0.15, -0.1) is 12.4 Å². The predicted molar refractivity (Wildman–Crippen MR) is 77.4 cm³/mol. The topological polar surface area (TPSA) is 55.6 Å². The fourth-order valence-electron chi connectivity index (χ4n) is 2.22. The van der Waals surface area contributed by atoms with Gasteiger partial charge in [-0.3, -0.25) is 4.79 Å². The van der Waals surface area contributed by atoms with Crippen LogP contribution in [0.25, 0.3) is 0 Å². The molecule has 0 spiro atoms. The molecule has 4 nitrogen and oxygen atoms in total. The maximum Gasteiger partial charge on any atom is 0.239 e. The molecule has 1 amide bonds. The van der Waals surface area contributed by atoms with Gasteiger partial charge in [-0.05, 0) is 18.4 Å². The number of nitrogens with zero attached hydrogens (tertiary/aromatic N) is 1. The molecule has 19 heavy (non-hydrogen) atoms. The zero-order valence-electron chi connectivity index (χ0n) is 11.1. The molecule has 5 heteroatoms. The number of likely N-dealkylation sites (N-methyl/N-ethyl adjacent to an activating group) is 1. The van der Waals surface area contributed by atoms with Crippen LogP contribution in [0, 0.1) is 0 Å². The van der Waals surface area contributed by atoms with Crippen molar-refractivity contribution >= 4 is 18.3 Å². The molecule has 1 saturated heterocycles. The van der Waals surface area contributed by atoms with Gasteiger partial charge < -0.3 is 15.4 Å². The Morgan fingerprint density at radius 2 is 2.16 bits per heavy atom. The van der Waals surface area contributed by atoms with Crippen LogP contribution in [0.4, 0.5) is 0 Å². The molecule has 106 valence electrons. The lowest BCUT2D eigenvalue weighted by atomic mass is 10.0. The van der Waals surface area contributed by atoms with E-state index in [0.29, 0.717) is 13.0 Å². The van der Waals surface area contributed by atoms with Crippen molar-refractivity contribution in [3.63, 3.8) is 0 Å². The average Bonchev–Trinajstić information content (AvgIpc) is 2.92. The quantitative estimate of drug-likeness (QED) is 0.905. The summed E-state index contributed by atoms with van der Waals surface area (Å²) in [5, 5.41) is 0. The van der Waals surface area contributed by atoms with Crippen LogP contribution in [-0.2, 0) is 16.0 Å². The van der Waals surface area contributed by atoms with E-state index in [-0.39, 0.29) is 24.4 Å². The summed E-state index contributed by atoms with van der Waals surface area (Å²) in [6, 6.07) is 9.57. The average molecular weight is 285 g/mol. The summed E-state index contributed by atoms with van der Waals surface area (Å²) in [5.41, 5.74) is 7.08. The van der Waals surface area contributed by atoms with E-state index in [9.17, 15) is 4.79 Å². The van der Waals surface area contributed by atoms with Gasteiger partial charge in [-0.2, -0.15) is 0 Å². The molecular weight excluding hydrogens is 264 g/mol. The van der Waals surface area contributed by atoms with Gasteiger partial charge in [0.1, 0.15) is 0 Å². The standard InChI is InChI=1S/C14H20N2O2.ClH/c1-16(12-7-8-18-10-12)14(17)13(15)9-11-5-3-2-4-6-11;/h2-6,12-13H,7-10,15H2,1H3;1H. The number of ether oxygens (including phenoxy) is 1. The number of carbonyl (C=O) groups excluding carboxylic acids is 1.